The highest BCUT2D eigenvalue weighted by Gasteiger charge is 2.24. The summed E-state index contributed by atoms with van der Waals surface area (Å²) >= 11 is 0. The normalized spacial score (nSPS) is 11.4. The molecule has 0 N–H and O–H groups in total. The number of benzene rings is 1. The molecule has 6 heteroatoms. The number of aromatic nitrogens is 2. The molecule has 0 fully saturated rings. The van der Waals surface area contributed by atoms with Crippen molar-refractivity contribution in [2.45, 2.75) is 33.6 Å². The minimum atomic E-state index is -0.516. The molecule has 0 atom stereocenters. The lowest BCUT2D eigenvalue weighted by Gasteiger charge is -2.15. The number of nitrogens with zero attached hydrogens (tertiary/aromatic N) is 2. The van der Waals surface area contributed by atoms with Crippen LogP contribution in [0.25, 0.3) is 5.57 Å². The molecule has 1 aromatic heterocycles. The maximum absolute atomic E-state index is 12.2. The summed E-state index contributed by atoms with van der Waals surface area (Å²) in [6.45, 7) is 7.97. The zero-order chi connectivity index (χ0) is 19.3. The van der Waals surface area contributed by atoms with Gasteiger partial charge in [0.15, 0.2) is 0 Å². The molecule has 2 aromatic rings. The molecule has 0 saturated carbocycles. The zero-order valence-corrected chi connectivity index (χ0v) is 16.0. The summed E-state index contributed by atoms with van der Waals surface area (Å²) in [4.78, 5) is 20.5. The summed E-state index contributed by atoms with van der Waals surface area (Å²) in [6, 6.07) is 5.99. The van der Waals surface area contributed by atoms with E-state index in [1.165, 1.54) is 20.5 Å². The number of esters is 1. The van der Waals surface area contributed by atoms with Crippen LogP contribution in [0.1, 0.15) is 43.4 Å². The van der Waals surface area contributed by atoms with Gasteiger partial charge in [-0.25, -0.2) is 14.8 Å². The first-order chi connectivity index (χ1) is 12.4. The lowest BCUT2D eigenvalue weighted by atomic mass is 10.0. The predicted octanol–water partition coefficient (Wildman–Crippen LogP) is 4.29. The molecule has 0 bridgehead atoms. The van der Waals surface area contributed by atoms with Crippen molar-refractivity contribution in [1.82, 2.24) is 9.97 Å². The number of carbonyl (C=O) groups excluding carboxylic acids is 1. The standard InChI is InChI=1S/C20H24N2O4/c1-7-16(20(23)25-6)17-18(24-5)21-11-22-19(17)26-15-9-13(4)8-14(10-15)12(2)3/h7-12H,1-6H3. The van der Waals surface area contributed by atoms with E-state index in [2.05, 4.69) is 29.9 Å². The molecule has 138 valence electrons. The minimum absolute atomic E-state index is 0.232. The number of carbonyl (C=O) groups is 1. The second kappa shape index (κ2) is 8.47. The van der Waals surface area contributed by atoms with E-state index >= 15 is 0 Å². The molecule has 0 aliphatic rings. The summed E-state index contributed by atoms with van der Waals surface area (Å²) in [6.07, 6.45) is 2.96. The fraction of sp³-hybridized carbons (Fsp3) is 0.350. The van der Waals surface area contributed by atoms with Crippen LogP contribution in [0.3, 0.4) is 0 Å². The van der Waals surface area contributed by atoms with E-state index in [-0.39, 0.29) is 17.3 Å². The van der Waals surface area contributed by atoms with Crippen LogP contribution in [0, 0.1) is 6.92 Å². The molecule has 0 aliphatic carbocycles. The van der Waals surface area contributed by atoms with Crippen molar-refractivity contribution in [3.8, 4) is 17.5 Å². The lowest BCUT2D eigenvalue weighted by molar-refractivity contribution is -0.133. The molecule has 1 heterocycles. The maximum Gasteiger partial charge on any atom is 0.338 e. The molecule has 6 nitrogen and oxygen atoms in total. The van der Waals surface area contributed by atoms with Crippen LogP contribution in [-0.4, -0.2) is 30.2 Å². The van der Waals surface area contributed by atoms with Gasteiger partial charge in [0.1, 0.15) is 17.6 Å². The Labute approximate surface area is 153 Å². The number of methoxy groups -OCH3 is 2. The van der Waals surface area contributed by atoms with E-state index in [4.69, 9.17) is 14.2 Å². The Balaban J connectivity index is 2.56. The van der Waals surface area contributed by atoms with Crippen molar-refractivity contribution in [2.75, 3.05) is 14.2 Å². The van der Waals surface area contributed by atoms with Crippen molar-refractivity contribution in [2.24, 2.45) is 0 Å². The van der Waals surface area contributed by atoms with E-state index in [0.717, 1.165) is 11.1 Å². The third-order valence-electron chi connectivity index (χ3n) is 3.89. The monoisotopic (exact) mass is 356 g/mol. The number of allylic oxidation sites excluding steroid dienone is 1. The second-order valence-corrected chi connectivity index (χ2v) is 6.09. The zero-order valence-electron chi connectivity index (χ0n) is 16.0. The molecular weight excluding hydrogens is 332 g/mol. The van der Waals surface area contributed by atoms with Crippen molar-refractivity contribution in [3.63, 3.8) is 0 Å². The fourth-order valence-electron chi connectivity index (χ4n) is 2.57. The summed E-state index contributed by atoms with van der Waals surface area (Å²) in [5.74, 6) is 0.951. The van der Waals surface area contributed by atoms with E-state index < -0.39 is 5.97 Å². The number of hydrogen-bond acceptors (Lipinski definition) is 6. The Kier molecular flexibility index (Phi) is 6.33. The number of ether oxygens (including phenoxy) is 3. The number of hydrogen-bond donors (Lipinski definition) is 0. The minimum Gasteiger partial charge on any atom is -0.480 e. The van der Waals surface area contributed by atoms with Crippen LogP contribution in [0.2, 0.25) is 0 Å². The number of rotatable bonds is 6. The third-order valence-corrected chi connectivity index (χ3v) is 3.89. The molecule has 0 spiro atoms. The summed E-state index contributed by atoms with van der Waals surface area (Å²) < 4.78 is 16.2. The average molecular weight is 356 g/mol. The molecule has 0 radical (unpaired) electrons. The van der Waals surface area contributed by atoms with Crippen LogP contribution in [0.4, 0.5) is 0 Å². The van der Waals surface area contributed by atoms with Gasteiger partial charge in [-0.05, 0) is 43.0 Å². The van der Waals surface area contributed by atoms with Gasteiger partial charge >= 0.3 is 5.97 Å². The fourth-order valence-corrected chi connectivity index (χ4v) is 2.57. The highest BCUT2D eigenvalue weighted by Crippen LogP contribution is 2.35. The molecular formula is C20H24N2O4. The van der Waals surface area contributed by atoms with Crippen LogP contribution in [0.15, 0.2) is 30.6 Å². The molecule has 26 heavy (non-hydrogen) atoms. The first-order valence-electron chi connectivity index (χ1n) is 8.34. The Morgan fingerprint density at radius 2 is 1.81 bits per heavy atom. The molecule has 1 aromatic carbocycles. The van der Waals surface area contributed by atoms with Crippen molar-refractivity contribution in [1.29, 1.82) is 0 Å². The van der Waals surface area contributed by atoms with Gasteiger partial charge in [-0.15, -0.1) is 0 Å². The van der Waals surface area contributed by atoms with Crippen LogP contribution in [0.5, 0.6) is 17.5 Å². The quantitative estimate of drug-likeness (QED) is 0.568. The summed E-state index contributed by atoms with van der Waals surface area (Å²) in [7, 11) is 2.79. The van der Waals surface area contributed by atoms with Crippen LogP contribution in [-0.2, 0) is 9.53 Å². The molecule has 0 saturated heterocycles. The first-order valence-corrected chi connectivity index (χ1v) is 8.34. The highest BCUT2D eigenvalue weighted by molar-refractivity contribution is 6.17. The average Bonchev–Trinajstić information content (AvgIpc) is 2.62. The molecule has 0 unspecified atom stereocenters. The van der Waals surface area contributed by atoms with Crippen LogP contribution < -0.4 is 9.47 Å². The summed E-state index contributed by atoms with van der Waals surface area (Å²) in [5, 5.41) is 0. The van der Waals surface area contributed by atoms with E-state index in [0.29, 0.717) is 17.2 Å². The van der Waals surface area contributed by atoms with Gasteiger partial charge in [0.2, 0.25) is 11.8 Å². The van der Waals surface area contributed by atoms with Crippen molar-refractivity contribution < 1.29 is 19.0 Å². The Morgan fingerprint density at radius 1 is 1.12 bits per heavy atom. The second-order valence-electron chi connectivity index (χ2n) is 6.09. The Hall–Kier alpha value is -2.89. The van der Waals surface area contributed by atoms with Gasteiger partial charge in [0, 0.05) is 0 Å². The van der Waals surface area contributed by atoms with Gasteiger partial charge in [0.05, 0.1) is 19.8 Å². The van der Waals surface area contributed by atoms with Gasteiger partial charge in [-0.1, -0.05) is 26.0 Å². The predicted molar refractivity (Wildman–Crippen MR) is 99.6 cm³/mol. The molecule has 2 rings (SSSR count). The van der Waals surface area contributed by atoms with Crippen molar-refractivity contribution in [3.05, 3.63) is 47.3 Å². The van der Waals surface area contributed by atoms with E-state index in [9.17, 15) is 4.79 Å². The molecule has 0 aliphatic heterocycles. The maximum atomic E-state index is 12.2. The van der Waals surface area contributed by atoms with Gasteiger partial charge < -0.3 is 14.2 Å². The highest BCUT2D eigenvalue weighted by atomic mass is 16.5. The Morgan fingerprint density at radius 3 is 2.38 bits per heavy atom. The smallest absolute Gasteiger partial charge is 0.338 e. The van der Waals surface area contributed by atoms with Crippen molar-refractivity contribution >= 4 is 11.5 Å². The van der Waals surface area contributed by atoms with Gasteiger partial charge in [-0.2, -0.15) is 0 Å². The van der Waals surface area contributed by atoms with Crippen LogP contribution >= 0.6 is 0 Å². The SMILES string of the molecule is CC=C(C(=O)OC)c1c(OC)ncnc1Oc1cc(C)cc(C(C)C)c1. The topological polar surface area (TPSA) is 70.5 Å². The third kappa shape index (κ3) is 4.20. The number of aryl methyl sites for hydroxylation is 1. The Bertz CT molecular complexity index is 829. The molecule has 0 amide bonds. The van der Waals surface area contributed by atoms with E-state index in [1.807, 2.05) is 19.1 Å². The van der Waals surface area contributed by atoms with Gasteiger partial charge in [0.25, 0.3) is 0 Å². The van der Waals surface area contributed by atoms with Gasteiger partial charge in [-0.3, -0.25) is 0 Å². The lowest BCUT2D eigenvalue weighted by Crippen LogP contribution is -2.08. The summed E-state index contributed by atoms with van der Waals surface area (Å²) in [5.41, 5.74) is 2.86. The van der Waals surface area contributed by atoms with E-state index in [1.54, 1.807) is 13.0 Å². The largest absolute Gasteiger partial charge is 0.480 e. The first kappa shape index (κ1) is 19.4.